The van der Waals surface area contributed by atoms with Crippen LogP contribution < -0.4 is 5.32 Å². The molecule has 18 heavy (non-hydrogen) atoms. The van der Waals surface area contributed by atoms with Gasteiger partial charge in [-0.05, 0) is 45.2 Å². The number of benzene rings is 1. The molecule has 0 radical (unpaired) electrons. The number of hydrogen-bond donors (Lipinski definition) is 1. The Balaban J connectivity index is 2.24. The molecule has 0 bridgehead atoms. The minimum absolute atomic E-state index is 0.0532. The molecule has 1 nitrogen and oxygen atoms in total. The van der Waals surface area contributed by atoms with Crippen molar-refractivity contribution < 1.29 is 4.39 Å². The SMILES string of the molecule is CC(C)(C)NCC1(c2cccc(Cl)c2F)CCC1. The van der Waals surface area contributed by atoms with Crippen LogP contribution in [0.2, 0.25) is 5.02 Å². The topological polar surface area (TPSA) is 12.0 Å². The zero-order valence-corrected chi connectivity index (χ0v) is 12.1. The fourth-order valence-electron chi connectivity index (χ4n) is 2.49. The summed E-state index contributed by atoms with van der Waals surface area (Å²) < 4.78 is 14.2. The van der Waals surface area contributed by atoms with Gasteiger partial charge in [-0.3, -0.25) is 0 Å². The van der Waals surface area contributed by atoms with Gasteiger partial charge < -0.3 is 5.32 Å². The van der Waals surface area contributed by atoms with Gasteiger partial charge in [0, 0.05) is 17.5 Å². The maximum atomic E-state index is 14.2. The number of hydrogen-bond acceptors (Lipinski definition) is 1. The summed E-state index contributed by atoms with van der Waals surface area (Å²) in [5, 5.41) is 3.73. The molecule has 0 atom stereocenters. The second-order valence-electron chi connectivity index (χ2n) is 6.34. The molecule has 1 N–H and O–H groups in total. The van der Waals surface area contributed by atoms with E-state index < -0.39 is 0 Å². The molecule has 100 valence electrons. The van der Waals surface area contributed by atoms with Crippen molar-refractivity contribution in [3.8, 4) is 0 Å². The lowest BCUT2D eigenvalue weighted by molar-refractivity contribution is 0.207. The van der Waals surface area contributed by atoms with Crippen LogP contribution in [0.3, 0.4) is 0 Å². The second-order valence-corrected chi connectivity index (χ2v) is 6.75. The van der Waals surface area contributed by atoms with Crippen LogP contribution in [0, 0.1) is 5.82 Å². The highest BCUT2D eigenvalue weighted by Crippen LogP contribution is 2.45. The molecule has 0 saturated heterocycles. The van der Waals surface area contributed by atoms with Crippen molar-refractivity contribution in [1.29, 1.82) is 0 Å². The van der Waals surface area contributed by atoms with Crippen molar-refractivity contribution in [2.24, 2.45) is 0 Å². The Morgan fingerprint density at radius 2 is 2.00 bits per heavy atom. The van der Waals surface area contributed by atoms with Crippen molar-refractivity contribution >= 4 is 11.6 Å². The molecule has 1 aliphatic carbocycles. The first-order chi connectivity index (χ1) is 8.34. The molecule has 1 aromatic carbocycles. The van der Waals surface area contributed by atoms with E-state index in [4.69, 9.17) is 11.6 Å². The molecule has 0 aromatic heterocycles. The smallest absolute Gasteiger partial charge is 0.145 e. The standard InChI is InChI=1S/C15H21ClFN/c1-14(2,3)18-10-15(8-5-9-15)11-6-4-7-12(16)13(11)17/h4,6-7,18H,5,8-10H2,1-3H3. The summed E-state index contributed by atoms with van der Waals surface area (Å²) in [5.41, 5.74) is 0.762. The van der Waals surface area contributed by atoms with E-state index in [0.717, 1.165) is 31.4 Å². The van der Waals surface area contributed by atoms with E-state index in [-0.39, 0.29) is 21.8 Å². The van der Waals surface area contributed by atoms with Gasteiger partial charge in [0.25, 0.3) is 0 Å². The summed E-state index contributed by atoms with van der Waals surface area (Å²) in [7, 11) is 0. The molecule has 1 saturated carbocycles. The monoisotopic (exact) mass is 269 g/mol. The molecule has 1 aromatic rings. The third-order valence-corrected chi connectivity index (χ3v) is 4.08. The van der Waals surface area contributed by atoms with E-state index in [9.17, 15) is 4.39 Å². The minimum atomic E-state index is -0.241. The first kappa shape index (κ1) is 13.8. The van der Waals surface area contributed by atoms with E-state index in [1.165, 1.54) is 0 Å². The molecule has 1 fully saturated rings. The van der Waals surface area contributed by atoms with Crippen molar-refractivity contribution in [1.82, 2.24) is 5.32 Å². The van der Waals surface area contributed by atoms with Crippen molar-refractivity contribution in [3.63, 3.8) is 0 Å². The summed E-state index contributed by atoms with van der Waals surface area (Å²) in [6, 6.07) is 5.34. The molecule has 0 spiro atoms. The van der Waals surface area contributed by atoms with Crippen molar-refractivity contribution in [2.75, 3.05) is 6.54 Å². The molecule has 0 amide bonds. The highest BCUT2D eigenvalue weighted by Gasteiger charge is 2.41. The predicted molar refractivity (Wildman–Crippen MR) is 74.7 cm³/mol. The Kier molecular flexibility index (Phi) is 3.70. The van der Waals surface area contributed by atoms with Crippen LogP contribution in [0.15, 0.2) is 18.2 Å². The third-order valence-electron chi connectivity index (χ3n) is 3.79. The number of rotatable bonds is 3. The number of halogens is 2. The average molecular weight is 270 g/mol. The third kappa shape index (κ3) is 2.70. The molecule has 2 rings (SSSR count). The van der Waals surface area contributed by atoms with E-state index in [1.807, 2.05) is 12.1 Å². The maximum absolute atomic E-state index is 14.2. The molecule has 1 aliphatic rings. The summed E-state index contributed by atoms with van der Waals surface area (Å²) in [5.74, 6) is -0.241. The highest BCUT2D eigenvalue weighted by molar-refractivity contribution is 6.30. The van der Waals surface area contributed by atoms with Crippen molar-refractivity contribution in [2.45, 2.75) is 51.0 Å². The second kappa shape index (κ2) is 4.82. The lowest BCUT2D eigenvalue weighted by Crippen LogP contribution is -2.49. The van der Waals surface area contributed by atoms with E-state index in [1.54, 1.807) is 6.07 Å². The Morgan fingerprint density at radius 1 is 1.33 bits per heavy atom. The zero-order valence-electron chi connectivity index (χ0n) is 11.3. The van der Waals surface area contributed by atoms with Gasteiger partial charge in [-0.1, -0.05) is 30.2 Å². The number of nitrogens with one attached hydrogen (secondary N) is 1. The Bertz CT molecular complexity index is 433. The highest BCUT2D eigenvalue weighted by atomic mass is 35.5. The summed E-state index contributed by atoms with van der Waals surface area (Å²) in [6.45, 7) is 7.21. The Morgan fingerprint density at radius 3 is 2.50 bits per heavy atom. The van der Waals surface area contributed by atoms with E-state index >= 15 is 0 Å². The quantitative estimate of drug-likeness (QED) is 0.863. The average Bonchev–Trinajstić information content (AvgIpc) is 2.21. The van der Waals surface area contributed by atoms with Crippen LogP contribution in [0.25, 0.3) is 0 Å². The maximum Gasteiger partial charge on any atom is 0.145 e. The first-order valence-electron chi connectivity index (χ1n) is 6.54. The predicted octanol–water partition coefficient (Wildman–Crippen LogP) is 4.29. The van der Waals surface area contributed by atoms with Crippen LogP contribution in [-0.4, -0.2) is 12.1 Å². The fourth-order valence-corrected chi connectivity index (χ4v) is 2.67. The minimum Gasteiger partial charge on any atom is -0.311 e. The fraction of sp³-hybridized carbons (Fsp3) is 0.600. The van der Waals surface area contributed by atoms with Gasteiger partial charge in [-0.2, -0.15) is 0 Å². The van der Waals surface area contributed by atoms with Gasteiger partial charge in [0.15, 0.2) is 0 Å². The van der Waals surface area contributed by atoms with Gasteiger partial charge in [-0.25, -0.2) is 4.39 Å². The lowest BCUT2D eigenvalue weighted by Gasteiger charge is -2.44. The van der Waals surface area contributed by atoms with Gasteiger partial charge >= 0.3 is 0 Å². The normalized spacial score (nSPS) is 18.5. The van der Waals surface area contributed by atoms with Crippen molar-refractivity contribution in [3.05, 3.63) is 34.6 Å². The molecule has 0 heterocycles. The van der Waals surface area contributed by atoms with Gasteiger partial charge in [0.2, 0.25) is 0 Å². The molecular formula is C15H21ClFN. The van der Waals surface area contributed by atoms with Crippen LogP contribution in [0.5, 0.6) is 0 Å². The van der Waals surface area contributed by atoms with Gasteiger partial charge in [0.05, 0.1) is 5.02 Å². The Labute approximate surface area is 114 Å². The van der Waals surface area contributed by atoms with Crippen LogP contribution in [-0.2, 0) is 5.41 Å². The first-order valence-corrected chi connectivity index (χ1v) is 6.91. The lowest BCUT2D eigenvalue weighted by atomic mass is 9.64. The Hall–Kier alpha value is -0.600. The zero-order chi connectivity index (χ0) is 13.4. The van der Waals surface area contributed by atoms with Crippen LogP contribution >= 0.6 is 11.6 Å². The van der Waals surface area contributed by atoms with Crippen LogP contribution in [0.1, 0.15) is 45.6 Å². The molecule has 3 heteroatoms. The van der Waals surface area contributed by atoms with E-state index in [0.29, 0.717) is 0 Å². The summed E-state index contributed by atoms with van der Waals surface area (Å²) in [6.07, 6.45) is 3.23. The molecular weight excluding hydrogens is 249 g/mol. The summed E-state index contributed by atoms with van der Waals surface area (Å²) in [4.78, 5) is 0. The molecule has 0 aliphatic heterocycles. The molecule has 0 unspecified atom stereocenters. The van der Waals surface area contributed by atoms with Gasteiger partial charge in [-0.15, -0.1) is 0 Å². The van der Waals surface area contributed by atoms with Gasteiger partial charge in [0.1, 0.15) is 5.82 Å². The largest absolute Gasteiger partial charge is 0.311 e. The van der Waals surface area contributed by atoms with E-state index in [2.05, 4.69) is 26.1 Å². The summed E-state index contributed by atoms with van der Waals surface area (Å²) >= 11 is 5.90. The van der Waals surface area contributed by atoms with Crippen LogP contribution in [0.4, 0.5) is 4.39 Å².